The normalized spacial score (nSPS) is 12.2. The van der Waals surface area contributed by atoms with Crippen LogP contribution >= 0.6 is 11.8 Å². The number of para-hydroxylation sites is 1. The number of rotatable bonds is 7. The van der Waals surface area contributed by atoms with Crippen LogP contribution in [0.1, 0.15) is 43.6 Å². The van der Waals surface area contributed by atoms with E-state index in [9.17, 15) is 14.4 Å². The predicted molar refractivity (Wildman–Crippen MR) is 116 cm³/mol. The first-order valence-corrected chi connectivity index (χ1v) is 10.3. The summed E-state index contributed by atoms with van der Waals surface area (Å²) in [5.74, 6) is -0.880. The van der Waals surface area contributed by atoms with E-state index in [1.807, 2.05) is 31.2 Å². The number of Topliss-reactive ketones (excluding diaryl/α,β-unsaturated/α-hetero) is 1. The van der Waals surface area contributed by atoms with E-state index in [1.54, 1.807) is 52.0 Å². The van der Waals surface area contributed by atoms with E-state index in [4.69, 9.17) is 4.74 Å². The number of aryl methyl sites for hydroxylation is 1. The smallest absolute Gasteiger partial charge is 0.339 e. The molecule has 0 bridgehead atoms. The number of esters is 1. The quantitative estimate of drug-likeness (QED) is 0.517. The van der Waals surface area contributed by atoms with Crippen LogP contribution in [0.5, 0.6) is 0 Å². The Bertz CT molecular complexity index is 902. The Hall–Kier alpha value is -2.60. The SMILES string of the molecule is Cc1ccccc1NC(=O)[C@H](C)Sc1ccccc1C(=O)OCC(=O)C(C)(C)C. The standard InChI is InChI=1S/C23H27NO4S/c1-15-10-6-8-12-18(15)24-21(26)16(2)29-19-13-9-7-11-17(19)22(27)28-14-20(25)23(3,4)5/h6-13,16H,14H2,1-5H3,(H,24,26)/t16-/m0/s1. The maximum absolute atomic E-state index is 12.6. The van der Waals surface area contributed by atoms with Crippen LogP contribution in [0.3, 0.4) is 0 Å². The maximum atomic E-state index is 12.6. The van der Waals surface area contributed by atoms with Crippen LogP contribution in [0.4, 0.5) is 5.69 Å². The Labute approximate surface area is 176 Å². The molecule has 0 spiro atoms. The Morgan fingerprint density at radius 2 is 1.66 bits per heavy atom. The van der Waals surface area contributed by atoms with E-state index >= 15 is 0 Å². The second-order valence-electron chi connectivity index (χ2n) is 7.81. The number of hydrogen-bond donors (Lipinski definition) is 1. The number of carbonyl (C=O) groups is 3. The summed E-state index contributed by atoms with van der Waals surface area (Å²) in [5, 5.41) is 2.48. The predicted octanol–water partition coefficient (Wildman–Crippen LogP) is 4.89. The third kappa shape index (κ3) is 6.46. The van der Waals surface area contributed by atoms with Crippen molar-refractivity contribution in [2.75, 3.05) is 11.9 Å². The highest BCUT2D eigenvalue weighted by molar-refractivity contribution is 8.00. The lowest BCUT2D eigenvalue weighted by Gasteiger charge is -2.17. The summed E-state index contributed by atoms with van der Waals surface area (Å²) in [4.78, 5) is 37.7. The minimum atomic E-state index is -0.573. The number of hydrogen-bond acceptors (Lipinski definition) is 5. The van der Waals surface area contributed by atoms with Gasteiger partial charge in [-0.25, -0.2) is 4.79 Å². The van der Waals surface area contributed by atoms with Gasteiger partial charge in [-0.15, -0.1) is 11.8 Å². The third-order valence-electron chi connectivity index (χ3n) is 4.35. The van der Waals surface area contributed by atoms with Crippen LogP contribution < -0.4 is 5.32 Å². The fraction of sp³-hybridized carbons (Fsp3) is 0.348. The highest BCUT2D eigenvalue weighted by Crippen LogP contribution is 2.28. The fourth-order valence-corrected chi connectivity index (χ4v) is 3.34. The van der Waals surface area contributed by atoms with Gasteiger partial charge in [0.05, 0.1) is 10.8 Å². The summed E-state index contributed by atoms with van der Waals surface area (Å²) < 4.78 is 5.21. The molecular weight excluding hydrogens is 386 g/mol. The average molecular weight is 414 g/mol. The molecular formula is C23H27NO4S. The zero-order chi connectivity index (χ0) is 21.6. The van der Waals surface area contributed by atoms with Gasteiger partial charge in [0.25, 0.3) is 0 Å². The first-order valence-electron chi connectivity index (χ1n) is 9.42. The molecule has 1 N–H and O–H groups in total. The molecule has 29 heavy (non-hydrogen) atoms. The van der Waals surface area contributed by atoms with Gasteiger partial charge in [0.2, 0.25) is 5.91 Å². The Balaban J connectivity index is 2.06. The number of amides is 1. The summed E-state index contributed by atoms with van der Waals surface area (Å²) in [6.07, 6.45) is 0. The molecule has 0 saturated carbocycles. The van der Waals surface area contributed by atoms with Crippen LogP contribution in [-0.4, -0.2) is 29.5 Å². The van der Waals surface area contributed by atoms with Gasteiger partial charge in [-0.2, -0.15) is 0 Å². The maximum Gasteiger partial charge on any atom is 0.339 e. The molecule has 0 saturated heterocycles. The summed E-state index contributed by atoms with van der Waals surface area (Å²) in [5.41, 5.74) is 1.51. The topological polar surface area (TPSA) is 72.5 Å². The van der Waals surface area contributed by atoms with Gasteiger partial charge < -0.3 is 10.1 Å². The Morgan fingerprint density at radius 3 is 2.31 bits per heavy atom. The van der Waals surface area contributed by atoms with Crippen LogP contribution in [0.15, 0.2) is 53.4 Å². The van der Waals surface area contributed by atoms with Crippen LogP contribution in [-0.2, 0) is 14.3 Å². The fourth-order valence-electron chi connectivity index (χ4n) is 2.35. The first-order chi connectivity index (χ1) is 13.6. The molecule has 1 amide bonds. The zero-order valence-electron chi connectivity index (χ0n) is 17.4. The zero-order valence-corrected chi connectivity index (χ0v) is 18.3. The highest BCUT2D eigenvalue weighted by Gasteiger charge is 2.24. The van der Waals surface area contributed by atoms with E-state index in [2.05, 4.69) is 5.32 Å². The molecule has 1 atom stereocenters. The molecule has 0 fully saturated rings. The van der Waals surface area contributed by atoms with Crippen molar-refractivity contribution in [3.8, 4) is 0 Å². The molecule has 5 nitrogen and oxygen atoms in total. The third-order valence-corrected chi connectivity index (χ3v) is 5.53. The highest BCUT2D eigenvalue weighted by atomic mass is 32.2. The number of carbonyl (C=O) groups excluding carboxylic acids is 3. The van der Waals surface area contributed by atoms with Gasteiger partial charge in [0.1, 0.15) is 0 Å². The van der Waals surface area contributed by atoms with Gasteiger partial charge in [-0.3, -0.25) is 9.59 Å². The van der Waals surface area contributed by atoms with E-state index in [0.717, 1.165) is 11.3 Å². The van der Waals surface area contributed by atoms with Crippen molar-refractivity contribution >= 4 is 35.1 Å². The van der Waals surface area contributed by atoms with Gasteiger partial charge in [-0.1, -0.05) is 51.1 Å². The van der Waals surface area contributed by atoms with Gasteiger partial charge in [0, 0.05) is 16.0 Å². The number of thioether (sulfide) groups is 1. The van der Waals surface area contributed by atoms with E-state index in [-0.39, 0.29) is 18.3 Å². The molecule has 0 heterocycles. The van der Waals surface area contributed by atoms with Crippen LogP contribution in [0.2, 0.25) is 0 Å². The molecule has 0 aliphatic heterocycles. The van der Waals surface area contributed by atoms with Crippen molar-refractivity contribution in [3.05, 3.63) is 59.7 Å². The summed E-state index contributed by atoms with van der Waals surface area (Å²) in [6, 6.07) is 14.5. The largest absolute Gasteiger partial charge is 0.454 e. The van der Waals surface area contributed by atoms with Gasteiger partial charge >= 0.3 is 5.97 Å². The summed E-state index contributed by atoms with van der Waals surface area (Å²) in [6.45, 7) is 8.77. The molecule has 0 radical (unpaired) electrons. The molecule has 2 aromatic carbocycles. The van der Waals surface area contributed by atoms with E-state index in [1.165, 1.54) is 11.8 Å². The van der Waals surface area contributed by atoms with Crippen LogP contribution in [0.25, 0.3) is 0 Å². The van der Waals surface area contributed by atoms with Crippen molar-refractivity contribution in [1.82, 2.24) is 0 Å². The lowest BCUT2D eigenvalue weighted by Crippen LogP contribution is -2.26. The number of anilines is 1. The number of ether oxygens (including phenoxy) is 1. The Morgan fingerprint density at radius 1 is 1.03 bits per heavy atom. The molecule has 154 valence electrons. The lowest BCUT2D eigenvalue weighted by molar-refractivity contribution is -0.129. The van der Waals surface area contributed by atoms with Gasteiger partial charge in [-0.05, 0) is 37.6 Å². The first kappa shape index (κ1) is 22.7. The summed E-state index contributed by atoms with van der Waals surface area (Å²) >= 11 is 1.27. The Kier molecular flexibility index (Phi) is 7.62. The molecule has 0 aromatic heterocycles. The average Bonchev–Trinajstić information content (AvgIpc) is 2.67. The van der Waals surface area contributed by atoms with Crippen molar-refractivity contribution in [1.29, 1.82) is 0 Å². The summed E-state index contributed by atoms with van der Waals surface area (Å²) in [7, 11) is 0. The minimum Gasteiger partial charge on any atom is -0.454 e. The van der Waals surface area contributed by atoms with Crippen molar-refractivity contribution in [2.24, 2.45) is 5.41 Å². The molecule has 0 aliphatic carbocycles. The molecule has 2 aromatic rings. The number of benzene rings is 2. The van der Waals surface area contributed by atoms with Crippen molar-refractivity contribution < 1.29 is 19.1 Å². The second kappa shape index (κ2) is 9.74. The molecule has 6 heteroatoms. The van der Waals surface area contributed by atoms with Crippen LogP contribution in [0, 0.1) is 12.3 Å². The monoisotopic (exact) mass is 413 g/mol. The second-order valence-corrected chi connectivity index (χ2v) is 9.19. The molecule has 2 rings (SSSR count). The minimum absolute atomic E-state index is 0.151. The number of ketones is 1. The number of nitrogens with one attached hydrogen (secondary N) is 1. The van der Waals surface area contributed by atoms with Crippen molar-refractivity contribution in [2.45, 2.75) is 44.8 Å². The molecule has 0 aliphatic rings. The van der Waals surface area contributed by atoms with E-state index in [0.29, 0.717) is 10.5 Å². The molecule has 0 unspecified atom stereocenters. The lowest BCUT2D eigenvalue weighted by atomic mass is 9.91. The van der Waals surface area contributed by atoms with Gasteiger partial charge in [0.15, 0.2) is 12.4 Å². The van der Waals surface area contributed by atoms with E-state index < -0.39 is 16.6 Å². The van der Waals surface area contributed by atoms with Crippen molar-refractivity contribution in [3.63, 3.8) is 0 Å².